The highest BCUT2D eigenvalue weighted by atomic mass is 35.5. The van der Waals surface area contributed by atoms with Crippen molar-refractivity contribution in [3.8, 4) is 5.75 Å². The Morgan fingerprint density at radius 2 is 1.79 bits per heavy atom. The summed E-state index contributed by atoms with van der Waals surface area (Å²) >= 11 is 5.99. The van der Waals surface area contributed by atoms with Gasteiger partial charge in [-0.2, -0.15) is 5.10 Å². The normalized spacial score (nSPS) is 10.8. The minimum Gasteiger partial charge on any atom is -0.489 e. The third-order valence-corrected chi connectivity index (χ3v) is 5.49. The van der Waals surface area contributed by atoms with Crippen molar-refractivity contribution in [3.63, 3.8) is 0 Å². The standard InChI is InChI=1S/C26H23ClFN3O2/c1-17-25(18(2)31(30-17)15-19-9-11-23(28)12-10-19)29-26(32)21-6-3-5-20(13-21)16-33-24-8-4-7-22(27)14-24/h3-14H,15-16H2,1-2H3,(H,29,32). The number of hydrogen-bond donors (Lipinski definition) is 1. The summed E-state index contributed by atoms with van der Waals surface area (Å²) < 4.78 is 20.8. The lowest BCUT2D eigenvalue weighted by Crippen LogP contribution is -2.14. The van der Waals surface area contributed by atoms with Crippen molar-refractivity contribution in [3.05, 3.63) is 112 Å². The van der Waals surface area contributed by atoms with E-state index in [1.165, 1.54) is 12.1 Å². The van der Waals surface area contributed by atoms with E-state index in [0.29, 0.717) is 40.9 Å². The molecular formula is C26H23ClFN3O2. The molecule has 1 N–H and O–H groups in total. The highest BCUT2D eigenvalue weighted by Crippen LogP contribution is 2.22. The largest absolute Gasteiger partial charge is 0.489 e. The van der Waals surface area contributed by atoms with E-state index in [4.69, 9.17) is 16.3 Å². The second-order valence-electron chi connectivity index (χ2n) is 7.73. The maximum absolute atomic E-state index is 13.2. The summed E-state index contributed by atoms with van der Waals surface area (Å²) in [6.07, 6.45) is 0. The van der Waals surface area contributed by atoms with Crippen molar-refractivity contribution in [1.82, 2.24) is 9.78 Å². The molecule has 1 amide bonds. The zero-order chi connectivity index (χ0) is 23.4. The van der Waals surface area contributed by atoms with E-state index >= 15 is 0 Å². The smallest absolute Gasteiger partial charge is 0.255 e. The van der Waals surface area contributed by atoms with Crippen molar-refractivity contribution < 1.29 is 13.9 Å². The maximum atomic E-state index is 13.2. The van der Waals surface area contributed by atoms with E-state index in [1.807, 2.05) is 38.1 Å². The van der Waals surface area contributed by atoms with Crippen LogP contribution in [-0.2, 0) is 13.2 Å². The molecule has 0 radical (unpaired) electrons. The van der Waals surface area contributed by atoms with E-state index in [0.717, 1.165) is 16.8 Å². The molecule has 5 nitrogen and oxygen atoms in total. The number of nitrogens with zero attached hydrogens (tertiary/aromatic N) is 2. The van der Waals surface area contributed by atoms with Gasteiger partial charge in [0.25, 0.3) is 5.91 Å². The summed E-state index contributed by atoms with van der Waals surface area (Å²) in [5, 5.41) is 8.12. The van der Waals surface area contributed by atoms with Crippen molar-refractivity contribution in [2.24, 2.45) is 0 Å². The predicted octanol–water partition coefficient (Wildman–Crippen LogP) is 6.17. The molecule has 4 aromatic rings. The number of benzene rings is 3. The number of carbonyl (C=O) groups is 1. The van der Waals surface area contributed by atoms with Crippen LogP contribution in [0.2, 0.25) is 5.02 Å². The van der Waals surface area contributed by atoms with Crippen molar-refractivity contribution in [1.29, 1.82) is 0 Å². The number of ether oxygens (including phenoxy) is 1. The van der Waals surface area contributed by atoms with Gasteiger partial charge in [-0.3, -0.25) is 9.48 Å². The first-order valence-electron chi connectivity index (χ1n) is 10.5. The van der Waals surface area contributed by atoms with E-state index in [9.17, 15) is 9.18 Å². The predicted molar refractivity (Wildman–Crippen MR) is 127 cm³/mol. The number of aromatic nitrogens is 2. The number of hydrogen-bond acceptors (Lipinski definition) is 3. The van der Waals surface area contributed by atoms with Crippen LogP contribution in [0.5, 0.6) is 5.75 Å². The Morgan fingerprint density at radius 1 is 1.03 bits per heavy atom. The monoisotopic (exact) mass is 463 g/mol. The van der Waals surface area contributed by atoms with E-state index in [1.54, 1.807) is 41.1 Å². The van der Waals surface area contributed by atoms with Gasteiger partial charge in [0.2, 0.25) is 0 Å². The van der Waals surface area contributed by atoms with Crippen LogP contribution < -0.4 is 10.1 Å². The Bertz CT molecular complexity index is 1290. The fraction of sp³-hybridized carbons (Fsp3) is 0.154. The number of nitrogens with one attached hydrogen (secondary N) is 1. The highest BCUT2D eigenvalue weighted by Gasteiger charge is 2.16. The summed E-state index contributed by atoms with van der Waals surface area (Å²) in [6, 6.07) is 20.8. The number of aryl methyl sites for hydroxylation is 1. The van der Waals surface area contributed by atoms with Gasteiger partial charge in [0.15, 0.2) is 0 Å². The van der Waals surface area contributed by atoms with Crippen LogP contribution in [0.15, 0.2) is 72.8 Å². The second kappa shape index (κ2) is 9.88. The molecule has 3 aromatic carbocycles. The molecule has 7 heteroatoms. The molecule has 4 rings (SSSR count). The highest BCUT2D eigenvalue weighted by molar-refractivity contribution is 6.30. The van der Waals surface area contributed by atoms with Gasteiger partial charge in [0.1, 0.15) is 18.2 Å². The number of amides is 1. The van der Waals surface area contributed by atoms with Crippen LogP contribution in [0.25, 0.3) is 0 Å². The van der Waals surface area contributed by atoms with Gasteiger partial charge >= 0.3 is 0 Å². The molecular weight excluding hydrogens is 441 g/mol. The Balaban J connectivity index is 1.45. The van der Waals surface area contributed by atoms with Crippen LogP contribution in [0.3, 0.4) is 0 Å². The summed E-state index contributed by atoms with van der Waals surface area (Å²) in [4.78, 5) is 12.9. The van der Waals surface area contributed by atoms with Crippen molar-refractivity contribution in [2.45, 2.75) is 27.0 Å². The first kappa shape index (κ1) is 22.6. The molecule has 1 heterocycles. The van der Waals surface area contributed by atoms with Crippen LogP contribution in [0.4, 0.5) is 10.1 Å². The van der Waals surface area contributed by atoms with Gasteiger partial charge in [-0.15, -0.1) is 0 Å². The molecule has 0 spiro atoms. The Kier molecular flexibility index (Phi) is 6.75. The number of anilines is 1. The van der Waals surface area contributed by atoms with Crippen LogP contribution >= 0.6 is 11.6 Å². The van der Waals surface area contributed by atoms with Gasteiger partial charge < -0.3 is 10.1 Å². The molecule has 0 saturated carbocycles. The molecule has 0 saturated heterocycles. The topological polar surface area (TPSA) is 56.2 Å². The fourth-order valence-corrected chi connectivity index (χ4v) is 3.69. The van der Waals surface area contributed by atoms with E-state index in [2.05, 4.69) is 10.4 Å². The van der Waals surface area contributed by atoms with Gasteiger partial charge in [-0.25, -0.2) is 4.39 Å². The summed E-state index contributed by atoms with van der Waals surface area (Å²) in [6.45, 7) is 4.54. The fourth-order valence-electron chi connectivity index (χ4n) is 3.51. The maximum Gasteiger partial charge on any atom is 0.255 e. The Labute approximate surface area is 196 Å². The Morgan fingerprint density at radius 3 is 2.55 bits per heavy atom. The minimum atomic E-state index is -0.278. The van der Waals surface area contributed by atoms with Crippen molar-refractivity contribution >= 4 is 23.2 Å². The molecule has 0 aliphatic rings. The van der Waals surface area contributed by atoms with Gasteiger partial charge in [-0.1, -0.05) is 41.9 Å². The summed E-state index contributed by atoms with van der Waals surface area (Å²) in [5.74, 6) is 0.157. The van der Waals surface area contributed by atoms with E-state index < -0.39 is 0 Å². The number of rotatable bonds is 7. The van der Waals surface area contributed by atoms with Crippen LogP contribution in [0.1, 0.15) is 32.9 Å². The third-order valence-electron chi connectivity index (χ3n) is 5.26. The lowest BCUT2D eigenvalue weighted by Gasteiger charge is -2.10. The molecule has 0 unspecified atom stereocenters. The quantitative estimate of drug-likeness (QED) is 0.356. The zero-order valence-electron chi connectivity index (χ0n) is 18.3. The van der Waals surface area contributed by atoms with Gasteiger partial charge in [-0.05, 0) is 67.4 Å². The number of halogens is 2. The molecule has 0 aliphatic carbocycles. The summed E-state index contributed by atoms with van der Waals surface area (Å²) in [5.41, 5.74) is 4.51. The average Bonchev–Trinajstić information content (AvgIpc) is 3.06. The molecule has 0 atom stereocenters. The Hall–Kier alpha value is -3.64. The molecule has 33 heavy (non-hydrogen) atoms. The van der Waals surface area contributed by atoms with Crippen LogP contribution in [-0.4, -0.2) is 15.7 Å². The molecule has 0 bridgehead atoms. The number of carbonyl (C=O) groups excluding carboxylic acids is 1. The average molecular weight is 464 g/mol. The first-order chi connectivity index (χ1) is 15.9. The molecule has 1 aromatic heterocycles. The van der Waals surface area contributed by atoms with E-state index in [-0.39, 0.29) is 11.7 Å². The van der Waals surface area contributed by atoms with Crippen molar-refractivity contribution in [2.75, 3.05) is 5.32 Å². The van der Waals surface area contributed by atoms with Crippen LogP contribution in [0, 0.1) is 19.7 Å². The molecule has 0 aliphatic heterocycles. The second-order valence-corrected chi connectivity index (χ2v) is 8.17. The lowest BCUT2D eigenvalue weighted by atomic mass is 10.1. The zero-order valence-corrected chi connectivity index (χ0v) is 19.1. The summed E-state index contributed by atoms with van der Waals surface area (Å²) in [7, 11) is 0. The molecule has 0 fully saturated rings. The minimum absolute atomic E-state index is 0.230. The SMILES string of the molecule is Cc1nn(Cc2ccc(F)cc2)c(C)c1NC(=O)c1cccc(COc2cccc(Cl)c2)c1. The van der Waals surface area contributed by atoms with Gasteiger partial charge in [0, 0.05) is 10.6 Å². The molecule has 168 valence electrons. The lowest BCUT2D eigenvalue weighted by molar-refractivity contribution is 0.102. The third kappa shape index (κ3) is 5.59. The van der Waals surface area contributed by atoms with Gasteiger partial charge in [0.05, 0.1) is 23.6 Å². The first-order valence-corrected chi connectivity index (χ1v) is 10.8.